The second-order valence-electron chi connectivity index (χ2n) is 6.07. The first-order chi connectivity index (χ1) is 13.7. The quantitative estimate of drug-likeness (QED) is 0.579. The molecule has 0 aliphatic carbocycles. The van der Waals surface area contributed by atoms with Gasteiger partial charge in [0.1, 0.15) is 0 Å². The Balaban J connectivity index is 1.80. The molecule has 4 rings (SSSR count). The highest BCUT2D eigenvalue weighted by atomic mass is 32.1. The lowest BCUT2D eigenvalue weighted by atomic mass is 10.1. The lowest BCUT2D eigenvalue weighted by Crippen LogP contribution is -2.23. The van der Waals surface area contributed by atoms with Crippen molar-refractivity contribution in [3.05, 3.63) is 94.6 Å². The molecular weight excluding hydrogens is 370 g/mol. The molecule has 1 atom stereocenters. The van der Waals surface area contributed by atoms with Crippen molar-refractivity contribution in [3.8, 4) is 16.8 Å². The molecule has 2 aromatic heterocycles. The maximum absolute atomic E-state index is 13.1. The van der Waals surface area contributed by atoms with E-state index in [0.29, 0.717) is 22.8 Å². The maximum Gasteiger partial charge on any atom is 0.279 e. The first-order valence-corrected chi connectivity index (χ1v) is 9.41. The number of hydrogen-bond acceptors (Lipinski definition) is 6. The Bertz CT molecular complexity index is 1140. The Kier molecular flexibility index (Phi) is 4.81. The summed E-state index contributed by atoms with van der Waals surface area (Å²) in [6.07, 6.45) is 0. The van der Waals surface area contributed by atoms with Crippen LogP contribution in [0.25, 0.3) is 10.7 Å². The summed E-state index contributed by atoms with van der Waals surface area (Å²) < 4.78 is 1.27. The van der Waals surface area contributed by atoms with Gasteiger partial charge in [0.2, 0.25) is 0 Å². The van der Waals surface area contributed by atoms with Gasteiger partial charge in [-0.1, -0.05) is 36.4 Å². The van der Waals surface area contributed by atoms with Gasteiger partial charge in [-0.25, -0.2) is 4.98 Å². The fourth-order valence-corrected chi connectivity index (χ4v) is 3.45. The van der Waals surface area contributed by atoms with E-state index in [1.54, 1.807) is 48.5 Å². The first-order valence-electron chi connectivity index (χ1n) is 8.53. The molecule has 6 nitrogen and oxygen atoms in total. The largest absolute Gasteiger partial charge is 0.318 e. The molecule has 0 amide bonds. The van der Waals surface area contributed by atoms with Crippen molar-refractivity contribution in [1.82, 2.24) is 14.8 Å². The van der Waals surface area contributed by atoms with E-state index < -0.39 is 6.04 Å². The molecule has 0 radical (unpaired) electrons. The number of hydrogen-bond donors (Lipinski definition) is 1. The van der Waals surface area contributed by atoms with Gasteiger partial charge in [-0.2, -0.15) is 9.94 Å². The number of nitrogens with two attached hydrogens (primary N) is 1. The van der Waals surface area contributed by atoms with Gasteiger partial charge >= 0.3 is 0 Å². The molecule has 2 aromatic carbocycles. The molecule has 2 N–H and O–H groups in total. The van der Waals surface area contributed by atoms with Crippen molar-refractivity contribution in [2.75, 3.05) is 0 Å². The lowest BCUT2D eigenvalue weighted by molar-refractivity contribution is 0.0940. The number of rotatable bonds is 4. The third-order valence-corrected chi connectivity index (χ3v) is 5.13. The molecule has 0 spiro atoms. The van der Waals surface area contributed by atoms with Crippen LogP contribution in [-0.4, -0.2) is 20.7 Å². The Morgan fingerprint density at radius 3 is 2.46 bits per heavy atom. The average Bonchev–Trinajstić information content (AvgIpc) is 3.43. The van der Waals surface area contributed by atoms with Crippen molar-refractivity contribution in [2.24, 2.45) is 5.73 Å². The standard InChI is InChI=1S/C21H15N5OS/c22-13-14-8-10-15(11-9-14)18(23)20-24-19(17-7-4-12-28-17)25-26(20)21(27)16-5-2-1-3-6-16/h1-12,18H,23H2. The molecule has 7 heteroatoms. The van der Waals surface area contributed by atoms with Crippen molar-refractivity contribution in [1.29, 1.82) is 5.26 Å². The number of thiophene rings is 1. The number of nitriles is 1. The number of nitrogens with zero attached hydrogens (tertiary/aromatic N) is 4. The smallest absolute Gasteiger partial charge is 0.279 e. The van der Waals surface area contributed by atoms with Crippen LogP contribution in [0.15, 0.2) is 72.1 Å². The SMILES string of the molecule is N#Cc1ccc(C(N)c2nc(-c3cccs3)nn2C(=O)c2ccccc2)cc1. The highest BCUT2D eigenvalue weighted by Crippen LogP contribution is 2.26. The normalized spacial score (nSPS) is 11.7. The van der Waals surface area contributed by atoms with Gasteiger partial charge in [-0.15, -0.1) is 16.4 Å². The van der Waals surface area contributed by atoms with Crippen LogP contribution in [0, 0.1) is 11.3 Å². The van der Waals surface area contributed by atoms with Gasteiger partial charge in [0.15, 0.2) is 11.6 Å². The Morgan fingerprint density at radius 2 is 1.82 bits per heavy atom. The minimum atomic E-state index is -0.665. The van der Waals surface area contributed by atoms with Gasteiger partial charge in [0, 0.05) is 5.56 Å². The Labute approximate surface area is 165 Å². The fraction of sp³-hybridized carbons (Fsp3) is 0.0476. The summed E-state index contributed by atoms with van der Waals surface area (Å²) in [7, 11) is 0. The van der Waals surface area contributed by atoms with Gasteiger partial charge < -0.3 is 5.73 Å². The zero-order valence-corrected chi connectivity index (χ0v) is 15.5. The molecule has 0 bridgehead atoms. The minimum Gasteiger partial charge on any atom is -0.318 e. The molecule has 0 saturated carbocycles. The summed E-state index contributed by atoms with van der Waals surface area (Å²) >= 11 is 1.49. The van der Waals surface area contributed by atoms with Crippen LogP contribution in [0.3, 0.4) is 0 Å². The van der Waals surface area contributed by atoms with Crippen LogP contribution in [-0.2, 0) is 0 Å². The highest BCUT2D eigenvalue weighted by molar-refractivity contribution is 7.13. The Morgan fingerprint density at radius 1 is 1.07 bits per heavy atom. The number of benzene rings is 2. The second kappa shape index (κ2) is 7.56. The number of carbonyl (C=O) groups is 1. The van der Waals surface area contributed by atoms with Crippen LogP contribution >= 0.6 is 11.3 Å². The summed E-state index contributed by atoms with van der Waals surface area (Å²) in [5.41, 5.74) is 8.22. The topological polar surface area (TPSA) is 97.6 Å². The molecule has 0 fully saturated rings. The van der Waals surface area contributed by atoms with E-state index in [1.807, 2.05) is 23.6 Å². The lowest BCUT2D eigenvalue weighted by Gasteiger charge is -2.12. The van der Waals surface area contributed by atoms with E-state index in [2.05, 4.69) is 16.2 Å². The van der Waals surface area contributed by atoms with Crippen molar-refractivity contribution in [2.45, 2.75) is 6.04 Å². The monoisotopic (exact) mass is 385 g/mol. The number of aromatic nitrogens is 3. The molecule has 1 unspecified atom stereocenters. The third kappa shape index (κ3) is 3.34. The summed E-state index contributed by atoms with van der Waals surface area (Å²) in [4.78, 5) is 18.5. The molecular formula is C21H15N5OS. The molecule has 0 aliphatic rings. The molecule has 0 aliphatic heterocycles. The van der Waals surface area contributed by atoms with Crippen LogP contribution < -0.4 is 5.73 Å². The summed E-state index contributed by atoms with van der Waals surface area (Å²) in [5, 5.41) is 15.4. The molecule has 0 saturated heterocycles. The molecule has 136 valence electrons. The van der Waals surface area contributed by atoms with Gasteiger partial charge in [-0.05, 0) is 41.3 Å². The van der Waals surface area contributed by atoms with E-state index in [0.717, 1.165) is 10.4 Å². The van der Waals surface area contributed by atoms with Crippen molar-refractivity contribution in [3.63, 3.8) is 0 Å². The van der Waals surface area contributed by atoms with Crippen molar-refractivity contribution >= 4 is 17.2 Å². The van der Waals surface area contributed by atoms with Crippen LogP contribution in [0.5, 0.6) is 0 Å². The highest BCUT2D eigenvalue weighted by Gasteiger charge is 2.24. The Hall–Kier alpha value is -3.60. The number of carbonyl (C=O) groups excluding carboxylic acids is 1. The minimum absolute atomic E-state index is 0.296. The summed E-state index contributed by atoms with van der Waals surface area (Å²) in [6.45, 7) is 0. The predicted octanol–water partition coefficient (Wildman–Crippen LogP) is 3.61. The molecule has 28 heavy (non-hydrogen) atoms. The zero-order valence-electron chi connectivity index (χ0n) is 14.7. The predicted molar refractivity (Wildman–Crippen MR) is 107 cm³/mol. The van der Waals surface area contributed by atoms with E-state index in [-0.39, 0.29) is 5.91 Å². The van der Waals surface area contributed by atoms with E-state index in [4.69, 9.17) is 11.0 Å². The van der Waals surface area contributed by atoms with Crippen LogP contribution in [0.1, 0.15) is 33.4 Å². The maximum atomic E-state index is 13.1. The molecule has 2 heterocycles. The summed E-state index contributed by atoms with van der Waals surface area (Å²) in [5.74, 6) is 0.510. The van der Waals surface area contributed by atoms with Crippen LogP contribution in [0.2, 0.25) is 0 Å². The zero-order chi connectivity index (χ0) is 19.5. The van der Waals surface area contributed by atoms with E-state index in [1.165, 1.54) is 16.0 Å². The van der Waals surface area contributed by atoms with E-state index >= 15 is 0 Å². The van der Waals surface area contributed by atoms with Gasteiger partial charge in [-0.3, -0.25) is 4.79 Å². The second-order valence-corrected chi connectivity index (χ2v) is 7.01. The third-order valence-electron chi connectivity index (χ3n) is 4.26. The van der Waals surface area contributed by atoms with E-state index in [9.17, 15) is 4.79 Å². The van der Waals surface area contributed by atoms with Crippen LogP contribution in [0.4, 0.5) is 0 Å². The average molecular weight is 385 g/mol. The van der Waals surface area contributed by atoms with Gasteiger partial charge in [0.05, 0.1) is 22.6 Å². The summed E-state index contributed by atoms with van der Waals surface area (Å²) in [6, 6.07) is 21.0. The van der Waals surface area contributed by atoms with Gasteiger partial charge in [0.25, 0.3) is 5.91 Å². The van der Waals surface area contributed by atoms with Crippen molar-refractivity contribution < 1.29 is 4.79 Å². The fourth-order valence-electron chi connectivity index (χ4n) is 2.80. The first kappa shape index (κ1) is 17.8. The molecule has 4 aromatic rings.